The zero-order valence-electron chi connectivity index (χ0n) is 13.8. The van der Waals surface area contributed by atoms with Gasteiger partial charge < -0.3 is 19.5 Å². The highest BCUT2D eigenvalue weighted by atomic mass is 16.5. The van der Waals surface area contributed by atoms with Crippen molar-refractivity contribution in [3.05, 3.63) is 47.8 Å². The van der Waals surface area contributed by atoms with Crippen molar-refractivity contribution in [1.29, 1.82) is 0 Å². The van der Waals surface area contributed by atoms with Gasteiger partial charge >= 0.3 is 5.97 Å². The van der Waals surface area contributed by atoms with Gasteiger partial charge in [0.05, 0.1) is 24.9 Å². The lowest BCUT2D eigenvalue weighted by molar-refractivity contribution is -0.139. The van der Waals surface area contributed by atoms with Crippen molar-refractivity contribution in [2.45, 2.75) is 6.04 Å². The van der Waals surface area contributed by atoms with E-state index in [1.165, 1.54) is 0 Å². The summed E-state index contributed by atoms with van der Waals surface area (Å²) >= 11 is 0. The van der Waals surface area contributed by atoms with Crippen LogP contribution in [0.2, 0.25) is 0 Å². The number of carboxylic acids is 1. The molecule has 1 aromatic carbocycles. The van der Waals surface area contributed by atoms with Crippen LogP contribution in [0, 0.1) is 0 Å². The van der Waals surface area contributed by atoms with Crippen molar-refractivity contribution in [2.75, 3.05) is 26.4 Å². The van der Waals surface area contributed by atoms with E-state index >= 15 is 0 Å². The summed E-state index contributed by atoms with van der Waals surface area (Å²) in [5, 5.41) is 12.8. The van der Waals surface area contributed by atoms with E-state index in [0.717, 1.165) is 5.69 Å². The Morgan fingerprint density at radius 2 is 2.08 bits per heavy atom. The van der Waals surface area contributed by atoms with Gasteiger partial charge in [-0.25, -0.2) is 4.79 Å². The molecule has 1 aliphatic heterocycles. The zero-order chi connectivity index (χ0) is 17.8. The van der Waals surface area contributed by atoms with Crippen LogP contribution in [-0.2, 0) is 16.6 Å². The number of amides is 1. The van der Waals surface area contributed by atoms with Crippen LogP contribution in [0.4, 0.5) is 0 Å². The highest BCUT2D eigenvalue weighted by Gasteiger charge is 2.31. The minimum atomic E-state index is -1.05. The van der Waals surface area contributed by atoms with Crippen molar-refractivity contribution >= 4 is 11.9 Å². The number of rotatable bonds is 5. The number of benzene rings is 1. The van der Waals surface area contributed by atoms with Gasteiger partial charge in [0.1, 0.15) is 5.75 Å². The minimum absolute atomic E-state index is 0.112. The molecule has 25 heavy (non-hydrogen) atoms. The fourth-order valence-electron chi connectivity index (χ4n) is 2.81. The van der Waals surface area contributed by atoms with Crippen LogP contribution in [-0.4, -0.2) is 58.0 Å². The van der Waals surface area contributed by atoms with Gasteiger partial charge in [-0.2, -0.15) is 5.10 Å². The summed E-state index contributed by atoms with van der Waals surface area (Å²) in [6.07, 6.45) is 1.70. The van der Waals surface area contributed by atoms with E-state index in [-0.39, 0.29) is 11.9 Å². The van der Waals surface area contributed by atoms with E-state index in [1.807, 2.05) is 13.1 Å². The molecule has 1 N–H and O–H groups in total. The molecule has 8 nitrogen and oxygen atoms in total. The third kappa shape index (κ3) is 3.80. The Hall–Kier alpha value is -2.87. The summed E-state index contributed by atoms with van der Waals surface area (Å²) in [7, 11) is 1.83. The van der Waals surface area contributed by atoms with Crippen LogP contribution in [0.25, 0.3) is 0 Å². The van der Waals surface area contributed by atoms with Crippen LogP contribution in [0.15, 0.2) is 36.5 Å². The number of ether oxygens (including phenoxy) is 2. The lowest BCUT2D eigenvalue weighted by Gasteiger charge is -2.35. The average Bonchev–Trinajstić information content (AvgIpc) is 3.05. The van der Waals surface area contributed by atoms with Gasteiger partial charge in [-0.1, -0.05) is 0 Å². The Labute approximate surface area is 144 Å². The zero-order valence-corrected chi connectivity index (χ0v) is 13.8. The smallest absolute Gasteiger partial charge is 0.341 e. The first-order chi connectivity index (χ1) is 12.1. The first kappa shape index (κ1) is 17.0. The first-order valence-corrected chi connectivity index (χ1v) is 7.87. The molecule has 132 valence electrons. The molecule has 1 atom stereocenters. The van der Waals surface area contributed by atoms with Crippen LogP contribution in [0.3, 0.4) is 0 Å². The topological polar surface area (TPSA) is 93.9 Å². The van der Waals surface area contributed by atoms with Gasteiger partial charge in [0.15, 0.2) is 6.61 Å². The number of morpholine rings is 1. The largest absolute Gasteiger partial charge is 0.482 e. The fraction of sp³-hybridized carbons (Fsp3) is 0.353. The number of hydrogen-bond acceptors (Lipinski definition) is 5. The van der Waals surface area contributed by atoms with E-state index in [0.29, 0.717) is 31.1 Å². The van der Waals surface area contributed by atoms with Crippen molar-refractivity contribution in [3.8, 4) is 5.75 Å². The monoisotopic (exact) mass is 345 g/mol. The van der Waals surface area contributed by atoms with Gasteiger partial charge in [-0.15, -0.1) is 0 Å². The van der Waals surface area contributed by atoms with Gasteiger partial charge in [0.2, 0.25) is 0 Å². The van der Waals surface area contributed by atoms with Crippen LogP contribution >= 0.6 is 0 Å². The van der Waals surface area contributed by atoms with Gasteiger partial charge in [-0.05, 0) is 30.3 Å². The van der Waals surface area contributed by atoms with Crippen molar-refractivity contribution in [2.24, 2.45) is 7.05 Å². The number of nitrogens with zero attached hydrogens (tertiary/aromatic N) is 3. The summed E-state index contributed by atoms with van der Waals surface area (Å²) in [6.45, 7) is 0.982. The van der Waals surface area contributed by atoms with Crippen molar-refractivity contribution < 1.29 is 24.2 Å². The number of carbonyl (C=O) groups is 2. The number of carbonyl (C=O) groups excluding carboxylic acids is 1. The van der Waals surface area contributed by atoms with Crippen molar-refractivity contribution in [1.82, 2.24) is 14.7 Å². The maximum absolute atomic E-state index is 12.9. The Morgan fingerprint density at radius 3 is 2.72 bits per heavy atom. The summed E-state index contributed by atoms with van der Waals surface area (Å²) < 4.78 is 12.4. The molecule has 1 saturated heterocycles. The molecule has 1 unspecified atom stereocenters. The number of aromatic nitrogens is 2. The summed E-state index contributed by atoms with van der Waals surface area (Å²) in [4.78, 5) is 25.2. The Balaban J connectivity index is 1.76. The number of aryl methyl sites for hydroxylation is 1. The molecule has 0 aliphatic carbocycles. The molecule has 0 saturated carbocycles. The fourth-order valence-corrected chi connectivity index (χ4v) is 2.81. The summed E-state index contributed by atoms with van der Waals surface area (Å²) in [5.41, 5.74) is 1.42. The molecule has 0 bridgehead atoms. The standard InChI is InChI=1S/C17H19N3O5/c1-19-14(6-7-18-19)15-10-24-9-8-20(15)17(23)12-2-4-13(5-3-12)25-11-16(21)22/h2-7,15H,8-11H2,1H3,(H,21,22). The Morgan fingerprint density at radius 1 is 1.32 bits per heavy atom. The summed E-state index contributed by atoms with van der Waals surface area (Å²) in [5.74, 6) is -0.754. The lowest BCUT2D eigenvalue weighted by atomic mass is 10.1. The van der Waals surface area contributed by atoms with E-state index < -0.39 is 12.6 Å². The highest BCUT2D eigenvalue weighted by Crippen LogP contribution is 2.26. The van der Waals surface area contributed by atoms with Gasteiger partial charge in [0, 0.05) is 25.4 Å². The molecule has 1 aromatic heterocycles. The molecule has 1 fully saturated rings. The molecule has 1 amide bonds. The molecule has 0 spiro atoms. The predicted molar refractivity (Wildman–Crippen MR) is 87.4 cm³/mol. The maximum Gasteiger partial charge on any atom is 0.341 e. The van der Waals surface area contributed by atoms with Crippen molar-refractivity contribution in [3.63, 3.8) is 0 Å². The maximum atomic E-state index is 12.9. The first-order valence-electron chi connectivity index (χ1n) is 7.87. The second-order valence-electron chi connectivity index (χ2n) is 5.68. The minimum Gasteiger partial charge on any atom is -0.482 e. The van der Waals surface area contributed by atoms with Crippen LogP contribution < -0.4 is 4.74 Å². The molecule has 1 aliphatic rings. The Kier molecular flexibility index (Phi) is 4.99. The average molecular weight is 345 g/mol. The van der Waals surface area contributed by atoms with Crippen LogP contribution in [0.5, 0.6) is 5.75 Å². The highest BCUT2D eigenvalue weighted by molar-refractivity contribution is 5.94. The molecule has 0 radical (unpaired) electrons. The third-order valence-electron chi connectivity index (χ3n) is 4.05. The predicted octanol–water partition coefficient (Wildman–Crippen LogP) is 1.10. The van der Waals surface area contributed by atoms with Gasteiger partial charge in [0.25, 0.3) is 5.91 Å². The Bertz CT molecular complexity index is 756. The third-order valence-corrected chi connectivity index (χ3v) is 4.05. The van der Waals surface area contributed by atoms with E-state index in [1.54, 1.807) is 40.0 Å². The van der Waals surface area contributed by atoms with Gasteiger partial charge in [-0.3, -0.25) is 9.48 Å². The molecule has 2 heterocycles. The normalized spacial score (nSPS) is 17.3. The molecular formula is C17H19N3O5. The number of carboxylic acid groups (broad SMARTS) is 1. The van der Waals surface area contributed by atoms with E-state index in [2.05, 4.69) is 5.10 Å². The molecule has 3 rings (SSSR count). The molecular weight excluding hydrogens is 326 g/mol. The number of aliphatic carboxylic acids is 1. The van der Waals surface area contributed by atoms with Crippen LogP contribution in [0.1, 0.15) is 22.1 Å². The quantitative estimate of drug-likeness (QED) is 0.872. The number of hydrogen-bond donors (Lipinski definition) is 1. The lowest BCUT2D eigenvalue weighted by Crippen LogP contribution is -2.44. The second-order valence-corrected chi connectivity index (χ2v) is 5.68. The second kappa shape index (κ2) is 7.35. The van der Waals surface area contributed by atoms with E-state index in [4.69, 9.17) is 14.6 Å². The molecule has 2 aromatic rings. The summed E-state index contributed by atoms with van der Waals surface area (Å²) in [6, 6.07) is 8.13. The van der Waals surface area contributed by atoms with E-state index in [9.17, 15) is 9.59 Å². The molecule has 8 heteroatoms. The SMILES string of the molecule is Cn1nccc1C1COCCN1C(=O)c1ccc(OCC(=O)O)cc1.